The van der Waals surface area contributed by atoms with Crippen LogP contribution in [-0.2, 0) is 4.79 Å². The number of nitrogens with one attached hydrogen (secondary N) is 2. The van der Waals surface area contributed by atoms with E-state index < -0.39 is 0 Å². The molecule has 0 bridgehead atoms. The molecule has 1 amide bonds. The van der Waals surface area contributed by atoms with Crippen LogP contribution in [0.1, 0.15) is 32.6 Å². The van der Waals surface area contributed by atoms with Crippen LogP contribution >= 0.6 is 12.4 Å². The van der Waals surface area contributed by atoms with E-state index in [4.69, 9.17) is 0 Å². The lowest BCUT2D eigenvalue weighted by Gasteiger charge is -2.15. The molecule has 1 heterocycles. The fourth-order valence-electron chi connectivity index (χ4n) is 3.16. The highest BCUT2D eigenvalue weighted by Crippen LogP contribution is 2.51. The lowest BCUT2D eigenvalue weighted by Crippen LogP contribution is -2.37. The van der Waals surface area contributed by atoms with Gasteiger partial charge in [-0.1, -0.05) is 13.3 Å². The van der Waals surface area contributed by atoms with Crippen LogP contribution in [0.2, 0.25) is 0 Å². The summed E-state index contributed by atoms with van der Waals surface area (Å²) in [7, 11) is 0. The molecule has 0 aromatic heterocycles. The van der Waals surface area contributed by atoms with Crippen molar-refractivity contribution in [2.75, 3.05) is 13.1 Å². The van der Waals surface area contributed by atoms with E-state index in [-0.39, 0.29) is 17.8 Å². The molecule has 0 aromatic carbocycles. The molecule has 1 aliphatic heterocycles. The van der Waals surface area contributed by atoms with Crippen LogP contribution in [0.5, 0.6) is 0 Å². The first-order valence-corrected chi connectivity index (χ1v) is 6.28. The number of hydrogen-bond acceptors (Lipinski definition) is 2. The van der Waals surface area contributed by atoms with Gasteiger partial charge in [0.2, 0.25) is 5.91 Å². The Morgan fingerprint density at radius 2 is 2.00 bits per heavy atom. The van der Waals surface area contributed by atoms with E-state index in [9.17, 15) is 4.79 Å². The molecule has 3 rings (SSSR count). The number of carbonyl (C=O) groups is 1. The van der Waals surface area contributed by atoms with Crippen LogP contribution < -0.4 is 10.6 Å². The molecule has 4 heteroatoms. The number of halogens is 1. The number of hydrogen-bond donors (Lipinski definition) is 2. The summed E-state index contributed by atoms with van der Waals surface area (Å²) in [5, 5.41) is 6.62. The van der Waals surface area contributed by atoms with Crippen LogP contribution in [0, 0.1) is 17.3 Å². The first kappa shape index (κ1) is 12.2. The van der Waals surface area contributed by atoms with Gasteiger partial charge in [0.05, 0.1) is 0 Å². The predicted octanol–water partition coefficient (Wildman–Crippen LogP) is 1.32. The summed E-state index contributed by atoms with van der Waals surface area (Å²) in [4.78, 5) is 12.1. The number of fused-ring (bicyclic) bond motifs is 1. The predicted molar refractivity (Wildman–Crippen MR) is 65.6 cm³/mol. The zero-order chi connectivity index (χ0) is 10.5. The molecule has 2 unspecified atom stereocenters. The molecule has 3 aliphatic rings. The third kappa shape index (κ3) is 1.84. The van der Waals surface area contributed by atoms with Crippen LogP contribution in [0.4, 0.5) is 0 Å². The van der Waals surface area contributed by atoms with E-state index in [1.807, 2.05) is 0 Å². The lowest BCUT2D eigenvalue weighted by molar-refractivity contribution is -0.126. The third-order valence-corrected chi connectivity index (χ3v) is 4.45. The standard InChI is InChI=1S/C12H20N2O.ClH/c1-2-3-12(4-5-12)11(15)14-10-8-6-13-7-9(8)10;/h8-10,13H,2-7H2,1H3,(H,14,15);1H. The van der Waals surface area contributed by atoms with E-state index >= 15 is 0 Å². The normalized spacial score (nSPS) is 37.2. The highest BCUT2D eigenvalue weighted by molar-refractivity contribution is 5.86. The summed E-state index contributed by atoms with van der Waals surface area (Å²) < 4.78 is 0. The first-order valence-electron chi connectivity index (χ1n) is 6.28. The van der Waals surface area contributed by atoms with Crippen molar-refractivity contribution in [3.63, 3.8) is 0 Å². The van der Waals surface area contributed by atoms with E-state index in [0.717, 1.165) is 50.6 Å². The van der Waals surface area contributed by atoms with Gasteiger partial charge in [-0.05, 0) is 31.1 Å². The molecule has 2 atom stereocenters. The SMILES string of the molecule is CCCC1(C(=O)NC2C3CNCC32)CC1.Cl. The van der Waals surface area contributed by atoms with E-state index in [0.29, 0.717) is 11.9 Å². The van der Waals surface area contributed by atoms with Crippen molar-refractivity contribution in [3.05, 3.63) is 0 Å². The van der Waals surface area contributed by atoms with Crippen molar-refractivity contribution >= 4 is 18.3 Å². The second-order valence-electron chi connectivity index (χ2n) is 5.52. The summed E-state index contributed by atoms with van der Waals surface area (Å²) in [5.74, 6) is 1.83. The van der Waals surface area contributed by atoms with Gasteiger partial charge in [0.15, 0.2) is 0 Å². The van der Waals surface area contributed by atoms with Crippen LogP contribution in [0.3, 0.4) is 0 Å². The van der Waals surface area contributed by atoms with Gasteiger partial charge in [-0.15, -0.1) is 12.4 Å². The van der Waals surface area contributed by atoms with Crippen LogP contribution in [0.25, 0.3) is 0 Å². The number of amides is 1. The fourth-order valence-corrected chi connectivity index (χ4v) is 3.16. The Hall–Kier alpha value is -0.280. The van der Waals surface area contributed by atoms with Gasteiger partial charge in [0.25, 0.3) is 0 Å². The van der Waals surface area contributed by atoms with Crippen molar-refractivity contribution < 1.29 is 4.79 Å². The van der Waals surface area contributed by atoms with Crippen molar-refractivity contribution in [2.24, 2.45) is 17.3 Å². The Morgan fingerprint density at radius 1 is 1.38 bits per heavy atom. The number of carbonyl (C=O) groups excluding carboxylic acids is 1. The molecule has 3 fully saturated rings. The van der Waals surface area contributed by atoms with E-state index in [2.05, 4.69) is 17.6 Å². The molecule has 2 N–H and O–H groups in total. The minimum Gasteiger partial charge on any atom is -0.352 e. The quantitative estimate of drug-likeness (QED) is 0.783. The molecule has 16 heavy (non-hydrogen) atoms. The fraction of sp³-hybridized carbons (Fsp3) is 0.917. The van der Waals surface area contributed by atoms with Gasteiger partial charge < -0.3 is 10.6 Å². The van der Waals surface area contributed by atoms with Crippen LogP contribution in [0.15, 0.2) is 0 Å². The summed E-state index contributed by atoms with van der Waals surface area (Å²) in [6.45, 7) is 4.38. The zero-order valence-corrected chi connectivity index (χ0v) is 10.6. The molecule has 3 nitrogen and oxygen atoms in total. The second kappa shape index (κ2) is 4.19. The molecule has 2 saturated carbocycles. The van der Waals surface area contributed by atoms with Gasteiger partial charge in [0.1, 0.15) is 0 Å². The highest BCUT2D eigenvalue weighted by atomic mass is 35.5. The summed E-state index contributed by atoms with van der Waals surface area (Å²) >= 11 is 0. The Morgan fingerprint density at radius 3 is 2.50 bits per heavy atom. The van der Waals surface area contributed by atoms with Crippen molar-refractivity contribution in [3.8, 4) is 0 Å². The number of rotatable bonds is 4. The molecule has 0 radical (unpaired) electrons. The van der Waals surface area contributed by atoms with Crippen molar-refractivity contribution in [1.82, 2.24) is 10.6 Å². The third-order valence-electron chi connectivity index (χ3n) is 4.45. The Kier molecular flexibility index (Phi) is 3.19. The average molecular weight is 245 g/mol. The molecular weight excluding hydrogens is 224 g/mol. The molecule has 92 valence electrons. The Balaban J connectivity index is 0.000000963. The highest BCUT2D eigenvalue weighted by Gasteiger charge is 2.57. The minimum absolute atomic E-state index is 0. The Bertz CT molecular complexity index is 281. The molecule has 2 aliphatic carbocycles. The molecule has 0 aromatic rings. The molecule has 1 saturated heterocycles. The van der Waals surface area contributed by atoms with Gasteiger partial charge in [-0.3, -0.25) is 4.79 Å². The maximum Gasteiger partial charge on any atom is 0.226 e. The Labute approximate surface area is 103 Å². The van der Waals surface area contributed by atoms with E-state index in [1.165, 1.54) is 0 Å². The summed E-state index contributed by atoms with van der Waals surface area (Å²) in [6.07, 6.45) is 4.45. The topological polar surface area (TPSA) is 41.1 Å². The maximum absolute atomic E-state index is 12.1. The summed E-state index contributed by atoms with van der Waals surface area (Å²) in [5.41, 5.74) is 0.0546. The van der Waals surface area contributed by atoms with Gasteiger partial charge in [-0.2, -0.15) is 0 Å². The first-order chi connectivity index (χ1) is 7.27. The maximum atomic E-state index is 12.1. The molecular formula is C12H21ClN2O. The number of piperidine rings is 1. The van der Waals surface area contributed by atoms with Gasteiger partial charge in [0, 0.05) is 24.5 Å². The van der Waals surface area contributed by atoms with Gasteiger partial charge in [-0.25, -0.2) is 0 Å². The van der Waals surface area contributed by atoms with Crippen molar-refractivity contribution in [2.45, 2.75) is 38.6 Å². The minimum atomic E-state index is 0. The second-order valence-corrected chi connectivity index (χ2v) is 5.52. The van der Waals surface area contributed by atoms with Crippen molar-refractivity contribution in [1.29, 1.82) is 0 Å². The van der Waals surface area contributed by atoms with Gasteiger partial charge >= 0.3 is 0 Å². The van der Waals surface area contributed by atoms with Crippen LogP contribution in [-0.4, -0.2) is 25.0 Å². The van der Waals surface area contributed by atoms with E-state index in [1.54, 1.807) is 0 Å². The molecule has 0 spiro atoms. The average Bonchev–Trinajstić information content (AvgIpc) is 3.08. The zero-order valence-electron chi connectivity index (χ0n) is 9.79. The lowest BCUT2D eigenvalue weighted by atomic mass is 10.00. The monoisotopic (exact) mass is 244 g/mol. The summed E-state index contributed by atoms with van der Waals surface area (Å²) in [6, 6.07) is 0.507. The smallest absolute Gasteiger partial charge is 0.226 e. The largest absolute Gasteiger partial charge is 0.352 e.